The SMILES string of the molecule is Cn1ccc(-c2ccc(-c3cnn4c(N(COCC[Si](C)(C)C)COCC[Si](C)(C)C)cc(C5C[C@H]6CC[C@@H](C5)C6)nc34)cn2)n1. The smallest absolute Gasteiger partial charge is 0.165 e. The third-order valence-electron chi connectivity index (χ3n) is 9.64. The maximum atomic E-state index is 6.36. The molecule has 9 nitrogen and oxygen atoms in total. The Hall–Kier alpha value is -2.87. The van der Waals surface area contributed by atoms with Crippen molar-refractivity contribution in [2.24, 2.45) is 18.9 Å². The number of nitrogens with zero attached hydrogens (tertiary/aromatic N) is 7. The van der Waals surface area contributed by atoms with Crippen LogP contribution in [0.3, 0.4) is 0 Å². The van der Waals surface area contributed by atoms with Gasteiger partial charge in [-0.2, -0.15) is 14.7 Å². The number of aryl methyl sites for hydroxylation is 1. The summed E-state index contributed by atoms with van der Waals surface area (Å²) in [7, 11) is -0.497. The number of aromatic nitrogens is 6. The van der Waals surface area contributed by atoms with Crippen molar-refractivity contribution in [3.63, 3.8) is 0 Å². The van der Waals surface area contributed by atoms with E-state index in [2.05, 4.69) is 61.4 Å². The minimum atomic E-state index is -1.21. The first-order valence-corrected chi connectivity index (χ1v) is 24.6. The van der Waals surface area contributed by atoms with Crippen molar-refractivity contribution >= 4 is 27.6 Å². The van der Waals surface area contributed by atoms with Crippen molar-refractivity contribution in [1.82, 2.24) is 29.4 Å². The van der Waals surface area contributed by atoms with Crippen LogP contribution >= 0.6 is 0 Å². The molecule has 2 bridgehead atoms. The van der Waals surface area contributed by atoms with E-state index in [4.69, 9.17) is 24.5 Å². The van der Waals surface area contributed by atoms with Gasteiger partial charge in [0.2, 0.25) is 0 Å². The lowest BCUT2D eigenvalue weighted by Gasteiger charge is -2.30. The highest BCUT2D eigenvalue weighted by Crippen LogP contribution is 2.48. The summed E-state index contributed by atoms with van der Waals surface area (Å²) in [6, 6.07) is 10.7. The Morgan fingerprint density at radius 3 is 2.09 bits per heavy atom. The molecule has 0 amide bonds. The number of anilines is 1. The third-order valence-corrected chi connectivity index (χ3v) is 13.0. The molecule has 3 atom stereocenters. The summed E-state index contributed by atoms with van der Waals surface area (Å²) in [5, 5.41) is 9.46. The average molecular weight is 660 g/mol. The number of fused-ring (bicyclic) bond motifs is 3. The molecule has 2 fully saturated rings. The minimum Gasteiger partial charge on any atom is -0.361 e. The van der Waals surface area contributed by atoms with Crippen LogP contribution in [0.5, 0.6) is 0 Å². The highest BCUT2D eigenvalue weighted by Gasteiger charge is 2.36. The van der Waals surface area contributed by atoms with Gasteiger partial charge in [-0.15, -0.1) is 0 Å². The molecule has 0 radical (unpaired) electrons. The first-order valence-electron chi connectivity index (χ1n) is 17.2. The molecule has 0 aliphatic heterocycles. The van der Waals surface area contributed by atoms with E-state index >= 15 is 0 Å². The molecular formula is C35H53N7O2Si2. The van der Waals surface area contributed by atoms with Crippen LogP contribution in [0.25, 0.3) is 28.2 Å². The number of pyridine rings is 1. The molecule has 0 spiro atoms. The van der Waals surface area contributed by atoms with Gasteiger partial charge >= 0.3 is 0 Å². The lowest BCUT2D eigenvalue weighted by molar-refractivity contribution is 0.0942. The fourth-order valence-electron chi connectivity index (χ4n) is 6.88. The zero-order chi connectivity index (χ0) is 32.5. The number of rotatable bonds is 14. The van der Waals surface area contributed by atoms with Gasteiger partial charge in [0.1, 0.15) is 25.0 Å². The van der Waals surface area contributed by atoms with Gasteiger partial charge in [0.25, 0.3) is 0 Å². The molecule has 248 valence electrons. The summed E-state index contributed by atoms with van der Waals surface area (Å²) in [4.78, 5) is 12.4. The lowest BCUT2D eigenvalue weighted by atomic mass is 9.79. The van der Waals surface area contributed by atoms with Crippen molar-refractivity contribution < 1.29 is 9.47 Å². The van der Waals surface area contributed by atoms with Gasteiger partial charge in [-0.3, -0.25) is 9.67 Å². The normalized spacial score (nSPS) is 20.1. The van der Waals surface area contributed by atoms with E-state index < -0.39 is 16.1 Å². The predicted octanol–water partition coefficient (Wildman–Crippen LogP) is 7.92. The molecule has 2 aliphatic rings. The molecular weight excluding hydrogens is 607 g/mol. The second-order valence-electron chi connectivity index (χ2n) is 16.1. The van der Waals surface area contributed by atoms with E-state index in [1.807, 2.05) is 42.3 Å². The fourth-order valence-corrected chi connectivity index (χ4v) is 8.40. The molecule has 1 unspecified atom stereocenters. The van der Waals surface area contributed by atoms with Gasteiger partial charge in [-0.25, -0.2) is 4.98 Å². The maximum Gasteiger partial charge on any atom is 0.165 e. The summed E-state index contributed by atoms with van der Waals surface area (Å²) >= 11 is 0. The van der Waals surface area contributed by atoms with Gasteiger partial charge in [-0.05, 0) is 55.3 Å². The molecule has 46 heavy (non-hydrogen) atoms. The molecule has 4 heterocycles. The van der Waals surface area contributed by atoms with E-state index in [0.717, 1.165) is 71.1 Å². The summed E-state index contributed by atoms with van der Waals surface area (Å²) in [6.45, 7) is 16.8. The highest BCUT2D eigenvalue weighted by atomic mass is 28.3. The molecule has 11 heteroatoms. The Labute approximate surface area is 276 Å². The molecule has 0 saturated heterocycles. The molecule has 4 aromatic heterocycles. The molecule has 0 aromatic carbocycles. The first kappa shape index (κ1) is 33.1. The first-order chi connectivity index (χ1) is 21.9. The van der Waals surface area contributed by atoms with Crippen LogP contribution in [-0.4, -0.2) is 72.2 Å². The van der Waals surface area contributed by atoms with Crippen molar-refractivity contribution in [2.75, 3.05) is 31.6 Å². The monoisotopic (exact) mass is 659 g/mol. The molecule has 6 rings (SSSR count). The van der Waals surface area contributed by atoms with Crippen molar-refractivity contribution in [2.45, 2.75) is 89.4 Å². The fraction of sp³-hybridized carbons (Fsp3) is 0.600. The van der Waals surface area contributed by atoms with Crippen molar-refractivity contribution in [3.05, 3.63) is 48.5 Å². The van der Waals surface area contributed by atoms with Crippen LogP contribution in [0, 0.1) is 11.8 Å². The Balaban J connectivity index is 1.35. The topological polar surface area (TPSA) is 82.6 Å². The van der Waals surface area contributed by atoms with Gasteiger partial charge in [0.05, 0.1) is 11.9 Å². The van der Waals surface area contributed by atoms with E-state index in [-0.39, 0.29) is 0 Å². The zero-order valence-electron chi connectivity index (χ0n) is 29.0. The summed E-state index contributed by atoms with van der Waals surface area (Å²) in [5.74, 6) is 3.10. The molecule has 2 aliphatic carbocycles. The summed E-state index contributed by atoms with van der Waals surface area (Å²) in [6.07, 6.45) is 12.4. The molecule has 0 N–H and O–H groups in total. The predicted molar refractivity (Wildman–Crippen MR) is 192 cm³/mol. The van der Waals surface area contributed by atoms with Crippen LogP contribution in [0.15, 0.2) is 42.9 Å². The highest BCUT2D eigenvalue weighted by molar-refractivity contribution is 6.76. The molecule has 4 aromatic rings. The van der Waals surface area contributed by atoms with E-state index in [1.54, 1.807) is 4.68 Å². The number of hydrogen-bond donors (Lipinski definition) is 0. The van der Waals surface area contributed by atoms with Crippen molar-refractivity contribution in [3.8, 4) is 22.5 Å². The minimum absolute atomic E-state index is 0.460. The van der Waals surface area contributed by atoms with Crippen LogP contribution in [0.4, 0.5) is 5.82 Å². The second-order valence-corrected chi connectivity index (χ2v) is 27.3. The number of ether oxygens (including phenoxy) is 2. The second kappa shape index (κ2) is 13.7. The Morgan fingerprint density at radius 2 is 1.52 bits per heavy atom. The van der Waals surface area contributed by atoms with Crippen molar-refractivity contribution in [1.29, 1.82) is 0 Å². The number of hydrogen-bond acceptors (Lipinski definition) is 7. The maximum absolute atomic E-state index is 6.36. The van der Waals surface area contributed by atoms with E-state index in [9.17, 15) is 0 Å². The molecule has 2 saturated carbocycles. The standard InChI is InChI=1S/C35H53N7O2Si2/c1-40-13-12-32(39-40)31-11-10-28(22-36-31)30-23-37-42-34(21-33(38-35(30)42)29-19-26-8-9-27(18-26)20-29)41(24-43-14-16-45(2,3)4)25-44-15-17-46(5,6)7/h10-13,21-23,26-27,29H,8-9,14-20,24-25H2,1-7H3/t26-,27+,29?. The quantitative estimate of drug-likeness (QED) is 0.0773. The Kier molecular flexibility index (Phi) is 9.84. The van der Waals surface area contributed by atoms with Gasteiger partial charge < -0.3 is 14.4 Å². The summed E-state index contributed by atoms with van der Waals surface area (Å²) < 4.78 is 16.5. The van der Waals surface area contributed by atoms with Crippen LogP contribution in [0.2, 0.25) is 51.4 Å². The lowest BCUT2D eigenvalue weighted by Crippen LogP contribution is -2.33. The van der Waals surface area contributed by atoms with Crippen LogP contribution < -0.4 is 4.90 Å². The van der Waals surface area contributed by atoms with Crippen LogP contribution in [0.1, 0.15) is 43.7 Å². The largest absolute Gasteiger partial charge is 0.361 e. The van der Waals surface area contributed by atoms with Gasteiger partial charge in [-0.1, -0.05) is 58.2 Å². The van der Waals surface area contributed by atoms with E-state index in [0.29, 0.717) is 19.4 Å². The van der Waals surface area contributed by atoms with Gasteiger partial charge in [0.15, 0.2) is 5.65 Å². The average Bonchev–Trinajstić information content (AvgIpc) is 3.72. The summed E-state index contributed by atoms with van der Waals surface area (Å²) in [5.41, 5.74) is 5.74. The zero-order valence-corrected chi connectivity index (χ0v) is 31.0. The van der Waals surface area contributed by atoms with Crippen LogP contribution in [-0.2, 0) is 16.5 Å². The third kappa shape index (κ3) is 8.16. The van der Waals surface area contributed by atoms with Gasteiger partial charge in [0, 0.05) is 77.6 Å². The Morgan fingerprint density at radius 1 is 0.848 bits per heavy atom. The Bertz CT molecular complexity index is 1570. The van der Waals surface area contributed by atoms with E-state index in [1.165, 1.54) is 37.8 Å².